The molecule has 210 valence electrons. The highest BCUT2D eigenvalue weighted by Crippen LogP contribution is 2.15. The van der Waals surface area contributed by atoms with Gasteiger partial charge in [0, 0.05) is 26.4 Å². The van der Waals surface area contributed by atoms with Gasteiger partial charge in [0.15, 0.2) is 0 Å². The van der Waals surface area contributed by atoms with Crippen LogP contribution in [0.1, 0.15) is 131 Å². The van der Waals surface area contributed by atoms with E-state index in [1.165, 1.54) is 69.1 Å². The highest BCUT2D eigenvalue weighted by molar-refractivity contribution is 5.71. The third-order valence-corrected chi connectivity index (χ3v) is 6.22. The van der Waals surface area contributed by atoms with Crippen LogP contribution in [-0.2, 0) is 19.0 Å². The molecule has 1 aliphatic heterocycles. The Hall–Kier alpha value is -1.99. The molecule has 36 heavy (non-hydrogen) atoms. The molecule has 0 aromatic carbocycles. The van der Waals surface area contributed by atoms with Gasteiger partial charge in [-0.2, -0.15) is 0 Å². The van der Waals surface area contributed by atoms with E-state index in [2.05, 4.69) is 12.2 Å². The molecule has 0 radical (unpaired) electrons. The van der Waals surface area contributed by atoms with Crippen molar-refractivity contribution in [3.8, 4) is 0 Å². The summed E-state index contributed by atoms with van der Waals surface area (Å²) in [5, 5.41) is 2.77. The number of carbonyl (C=O) groups is 3. The first-order chi connectivity index (χ1) is 17.1. The third-order valence-electron chi connectivity index (χ3n) is 6.22. The molecule has 0 aliphatic carbocycles. The van der Waals surface area contributed by atoms with Crippen LogP contribution < -0.4 is 5.32 Å². The highest BCUT2D eigenvalue weighted by atomic mass is 16.7. The largest absolute Gasteiger partial charge is 0.444 e. The molecule has 1 aliphatic rings. The molecular formula is C28H52N2O6. The molecule has 0 aromatic heterocycles. The van der Waals surface area contributed by atoms with E-state index in [4.69, 9.17) is 14.2 Å². The van der Waals surface area contributed by atoms with Crippen molar-refractivity contribution in [1.29, 1.82) is 0 Å². The topological polar surface area (TPSA) is 94.2 Å². The second kappa shape index (κ2) is 18.3. The SMILES string of the molecule is CCCCCCCCCCCCCCCC(=O)OC(C)OC(=O)N1CC[C@H](NC(=O)OC(C)(C)C)C1. The molecule has 0 bridgehead atoms. The van der Waals surface area contributed by atoms with E-state index in [-0.39, 0.29) is 12.0 Å². The molecule has 1 saturated heterocycles. The van der Waals surface area contributed by atoms with Gasteiger partial charge in [-0.3, -0.25) is 4.79 Å². The fourth-order valence-corrected chi connectivity index (χ4v) is 4.29. The van der Waals surface area contributed by atoms with Crippen molar-refractivity contribution in [1.82, 2.24) is 10.2 Å². The number of rotatable bonds is 17. The zero-order chi connectivity index (χ0) is 26.8. The minimum Gasteiger partial charge on any atom is -0.444 e. The second-order valence-electron chi connectivity index (χ2n) is 11.0. The summed E-state index contributed by atoms with van der Waals surface area (Å²) in [6.45, 7) is 9.98. The number of hydrogen-bond acceptors (Lipinski definition) is 6. The molecule has 1 fully saturated rings. The van der Waals surface area contributed by atoms with Crippen molar-refractivity contribution in [2.24, 2.45) is 0 Å². The average molecular weight is 513 g/mol. The van der Waals surface area contributed by atoms with Gasteiger partial charge in [-0.05, 0) is 33.6 Å². The summed E-state index contributed by atoms with van der Waals surface area (Å²) in [5.74, 6) is -0.343. The van der Waals surface area contributed by atoms with Crippen LogP contribution in [0.15, 0.2) is 0 Å². The molecule has 8 nitrogen and oxygen atoms in total. The number of alkyl carbamates (subject to hydrolysis) is 1. The number of amides is 2. The molecule has 1 unspecified atom stereocenters. The van der Waals surface area contributed by atoms with Crippen LogP contribution in [0.25, 0.3) is 0 Å². The van der Waals surface area contributed by atoms with E-state index >= 15 is 0 Å². The Bertz CT molecular complexity index is 634. The minimum atomic E-state index is -0.940. The Balaban J connectivity index is 2.04. The van der Waals surface area contributed by atoms with Crippen LogP contribution in [0.4, 0.5) is 9.59 Å². The fourth-order valence-electron chi connectivity index (χ4n) is 4.29. The van der Waals surface area contributed by atoms with Gasteiger partial charge in [0.2, 0.25) is 6.29 Å². The summed E-state index contributed by atoms with van der Waals surface area (Å²) in [7, 11) is 0. The molecule has 8 heteroatoms. The maximum absolute atomic E-state index is 12.4. The number of hydrogen-bond donors (Lipinski definition) is 1. The number of unbranched alkanes of at least 4 members (excludes halogenated alkanes) is 12. The van der Waals surface area contributed by atoms with Crippen LogP contribution in [0, 0.1) is 0 Å². The normalized spacial score (nSPS) is 16.5. The summed E-state index contributed by atoms with van der Waals surface area (Å²) in [6.07, 6.45) is 15.2. The number of nitrogens with one attached hydrogen (secondary N) is 1. The lowest BCUT2D eigenvalue weighted by Gasteiger charge is -2.22. The Kier molecular flexibility index (Phi) is 16.3. The number of nitrogens with zero attached hydrogens (tertiary/aromatic N) is 1. The summed E-state index contributed by atoms with van der Waals surface area (Å²) in [6, 6.07) is -0.194. The van der Waals surface area contributed by atoms with Crippen molar-refractivity contribution < 1.29 is 28.6 Å². The van der Waals surface area contributed by atoms with Gasteiger partial charge in [0.05, 0.1) is 6.04 Å². The lowest BCUT2D eigenvalue weighted by Crippen LogP contribution is -2.41. The van der Waals surface area contributed by atoms with Crippen LogP contribution >= 0.6 is 0 Å². The standard InChI is InChI=1S/C28H52N2O6/c1-6-7-8-9-10-11-12-13-14-15-16-17-18-19-25(31)34-23(2)35-27(33)30-21-20-24(22-30)29-26(32)36-28(3,4)5/h23-24H,6-22H2,1-5H3,(H,29,32)/t23?,24-/m0/s1. The number of esters is 1. The zero-order valence-corrected chi connectivity index (χ0v) is 23.6. The Labute approximate surface area is 219 Å². The lowest BCUT2D eigenvalue weighted by atomic mass is 10.0. The molecular weight excluding hydrogens is 460 g/mol. The summed E-state index contributed by atoms with van der Waals surface area (Å²) in [5.41, 5.74) is -0.576. The molecule has 1 heterocycles. The zero-order valence-electron chi connectivity index (χ0n) is 23.6. The summed E-state index contributed by atoms with van der Waals surface area (Å²) >= 11 is 0. The molecule has 0 saturated carbocycles. The monoisotopic (exact) mass is 512 g/mol. The molecule has 1 N–H and O–H groups in total. The smallest absolute Gasteiger partial charge is 0.412 e. The van der Waals surface area contributed by atoms with Gasteiger partial charge in [-0.1, -0.05) is 84.0 Å². The van der Waals surface area contributed by atoms with Gasteiger partial charge in [-0.15, -0.1) is 0 Å². The van der Waals surface area contributed by atoms with E-state index in [0.29, 0.717) is 25.9 Å². The first kappa shape index (κ1) is 32.0. The molecule has 0 spiro atoms. The Morgan fingerprint density at radius 3 is 1.92 bits per heavy atom. The quantitative estimate of drug-likeness (QED) is 0.127. The molecule has 2 amide bonds. The summed E-state index contributed by atoms with van der Waals surface area (Å²) in [4.78, 5) is 37.8. The van der Waals surface area contributed by atoms with Gasteiger partial charge in [0.25, 0.3) is 0 Å². The predicted molar refractivity (Wildman–Crippen MR) is 142 cm³/mol. The fraction of sp³-hybridized carbons (Fsp3) is 0.893. The van der Waals surface area contributed by atoms with Gasteiger partial charge in [0.1, 0.15) is 5.60 Å². The maximum atomic E-state index is 12.4. The third kappa shape index (κ3) is 16.6. The van der Waals surface area contributed by atoms with E-state index in [9.17, 15) is 14.4 Å². The average Bonchev–Trinajstić information content (AvgIpc) is 3.24. The number of carbonyl (C=O) groups excluding carboxylic acids is 3. The van der Waals surface area contributed by atoms with Crippen LogP contribution in [0.3, 0.4) is 0 Å². The molecule has 0 aromatic rings. The first-order valence-electron chi connectivity index (χ1n) is 14.2. The minimum absolute atomic E-state index is 0.194. The van der Waals surface area contributed by atoms with Crippen molar-refractivity contribution in [2.45, 2.75) is 149 Å². The molecule has 2 atom stereocenters. The van der Waals surface area contributed by atoms with Crippen LogP contribution in [0.2, 0.25) is 0 Å². The van der Waals surface area contributed by atoms with Crippen molar-refractivity contribution >= 4 is 18.2 Å². The van der Waals surface area contributed by atoms with Crippen molar-refractivity contribution in [3.63, 3.8) is 0 Å². The van der Waals surface area contributed by atoms with Crippen LogP contribution in [0.5, 0.6) is 0 Å². The van der Waals surface area contributed by atoms with E-state index in [0.717, 1.165) is 19.3 Å². The maximum Gasteiger partial charge on any atom is 0.412 e. The van der Waals surface area contributed by atoms with Crippen LogP contribution in [-0.4, -0.2) is 54.1 Å². The van der Waals surface area contributed by atoms with Crippen molar-refractivity contribution in [2.75, 3.05) is 13.1 Å². The summed E-state index contributed by atoms with van der Waals surface area (Å²) < 4.78 is 15.7. The van der Waals surface area contributed by atoms with E-state index < -0.39 is 24.1 Å². The number of ether oxygens (including phenoxy) is 3. The lowest BCUT2D eigenvalue weighted by molar-refractivity contribution is -0.166. The predicted octanol–water partition coefficient (Wildman–Crippen LogP) is 7.09. The first-order valence-corrected chi connectivity index (χ1v) is 14.2. The van der Waals surface area contributed by atoms with E-state index in [1.807, 2.05) is 0 Å². The molecule has 1 rings (SSSR count). The van der Waals surface area contributed by atoms with Gasteiger partial charge >= 0.3 is 18.2 Å². The Morgan fingerprint density at radius 1 is 0.861 bits per heavy atom. The van der Waals surface area contributed by atoms with Gasteiger partial charge in [-0.25, -0.2) is 9.59 Å². The van der Waals surface area contributed by atoms with E-state index in [1.54, 1.807) is 27.7 Å². The van der Waals surface area contributed by atoms with Crippen molar-refractivity contribution in [3.05, 3.63) is 0 Å². The highest BCUT2D eigenvalue weighted by Gasteiger charge is 2.30. The number of likely N-dealkylation sites (tertiary alicyclic amines) is 1. The second-order valence-corrected chi connectivity index (χ2v) is 11.0. The van der Waals surface area contributed by atoms with Gasteiger partial charge < -0.3 is 24.4 Å². The Morgan fingerprint density at radius 2 is 1.39 bits per heavy atom.